The summed E-state index contributed by atoms with van der Waals surface area (Å²) in [5.41, 5.74) is 2.14. The van der Waals surface area contributed by atoms with Gasteiger partial charge in [0.2, 0.25) is 5.43 Å². The van der Waals surface area contributed by atoms with E-state index < -0.39 is 29.2 Å². The van der Waals surface area contributed by atoms with Crippen LogP contribution in [0.3, 0.4) is 0 Å². The molecule has 1 atom stereocenters. The van der Waals surface area contributed by atoms with Gasteiger partial charge in [-0.25, -0.2) is 0 Å². The number of hydrogen-bond acceptors (Lipinski definition) is 4. The van der Waals surface area contributed by atoms with Gasteiger partial charge in [-0.2, -0.15) is 13.2 Å². The number of aromatic hydroxyl groups is 1. The van der Waals surface area contributed by atoms with Gasteiger partial charge in [0.25, 0.3) is 0 Å². The first-order valence-corrected chi connectivity index (χ1v) is 9.20. The lowest BCUT2D eigenvalue weighted by molar-refractivity contribution is -0.208. The Bertz CT molecular complexity index is 1200. The quantitative estimate of drug-likeness (QED) is 0.675. The molecule has 1 aliphatic carbocycles. The van der Waals surface area contributed by atoms with E-state index >= 15 is 0 Å². The second-order valence-electron chi connectivity index (χ2n) is 7.01. The molecule has 2 N–H and O–H groups in total. The molecule has 5 nitrogen and oxygen atoms in total. The maximum Gasteiger partial charge on any atom is 0.420 e. The Morgan fingerprint density at radius 1 is 1.17 bits per heavy atom. The van der Waals surface area contributed by atoms with E-state index in [1.54, 1.807) is 30.6 Å². The molecule has 0 spiro atoms. The highest BCUT2D eigenvalue weighted by atomic mass is 19.4. The number of aryl methyl sites for hydroxylation is 1. The third-order valence-corrected chi connectivity index (χ3v) is 5.02. The number of pyridine rings is 2. The van der Waals surface area contributed by atoms with Crippen LogP contribution < -0.4 is 5.43 Å². The van der Waals surface area contributed by atoms with Crippen molar-refractivity contribution in [1.29, 1.82) is 0 Å². The van der Waals surface area contributed by atoms with Crippen LogP contribution in [0.2, 0.25) is 0 Å². The fourth-order valence-corrected chi connectivity index (χ4v) is 3.54. The topological polar surface area (TPSA) is 75.3 Å². The molecule has 30 heavy (non-hydrogen) atoms. The number of aliphatic hydroxyl groups is 1. The highest BCUT2D eigenvalue weighted by molar-refractivity contribution is 5.78. The van der Waals surface area contributed by atoms with Crippen molar-refractivity contribution in [3.8, 4) is 22.6 Å². The molecule has 1 unspecified atom stereocenters. The Labute approximate surface area is 169 Å². The minimum absolute atomic E-state index is 0.249. The van der Waals surface area contributed by atoms with Crippen molar-refractivity contribution in [3.05, 3.63) is 82.0 Å². The monoisotopic (exact) mass is 414 g/mol. The molecule has 2 aromatic heterocycles. The molecule has 3 aromatic rings. The van der Waals surface area contributed by atoms with Crippen LogP contribution >= 0.6 is 0 Å². The van der Waals surface area contributed by atoms with Gasteiger partial charge in [0.15, 0.2) is 11.9 Å². The predicted molar refractivity (Wildman–Crippen MR) is 105 cm³/mol. The normalized spacial score (nSPS) is 14.4. The molecule has 2 heterocycles. The van der Waals surface area contributed by atoms with E-state index in [9.17, 15) is 28.2 Å². The maximum absolute atomic E-state index is 13.2. The van der Waals surface area contributed by atoms with Gasteiger partial charge in [-0.15, -0.1) is 0 Å². The van der Waals surface area contributed by atoms with Crippen LogP contribution in [0.5, 0.6) is 5.75 Å². The average molecular weight is 414 g/mol. The summed E-state index contributed by atoms with van der Waals surface area (Å²) in [4.78, 5) is 16.0. The van der Waals surface area contributed by atoms with Gasteiger partial charge in [0.05, 0.1) is 11.9 Å². The Morgan fingerprint density at radius 2 is 1.97 bits per heavy atom. The van der Waals surface area contributed by atoms with Crippen LogP contribution in [0, 0.1) is 0 Å². The van der Waals surface area contributed by atoms with Gasteiger partial charge in [-0.3, -0.25) is 9.78 Å². The second kappa shape index (κ2) is 7.46. The SMILES string of the molecule is O=c1cc(C(O)C(F)(F)F)n(-c2cccc(-c3cncc4c3C=CCC4)c2)cc1O. The average Bonchev–Trinajstić information content (AvgIpc) is 2.74. The largest absolute Gasteiger partial charge is 0.503 e. The van der Waals surface area contributed by atoms with Crippen LogP contribution in [0.15, 0.2) is 59.8 Å². The third-order valence-electron chi connectivity index (χ3n) is 5.02. The molecular weight excluding hydrogens is 397 g/mol. The van der Waals surface area contributed by atoms with Crippen molar-refractivity contribution in [2.24, 2.45) is 0 Å². The lowest BCUT2D eigenvalue weighted by atomic mass is 9.92. The van der Waals surface area contributed by atoms with Crippen molar-refractivity contribution in [1.82, 2.24) is 9.55 Å². The molecule has 8 heteroatoms. The lowest BCUT2D eigenvalue weighted by Gasteiger charge is -2.21. The summed E-state index contributed by atoms with van der Waals surface area (Å²) in [6.45, 7) is 0. The summed E-state index contributed by atoms with van der Waals surface area (Å²) in [6, 6.07) is 7.19. The van der Waals surface area contributed by atoms with Crippen molar-refractivity contribution in [2.75, 3.05) is 0 Å². The van der Waals surface area contributed by atoms with Crippen molar-refractivity contribution < 1.29 is 23.4 Å². The van der Waals surface area contributed by atoms with Gasteiger partial charge in [0, 0.05) is 29.7 Å². The van der Waals surface area contributed by atoms with E-state index in [1.165, 1.54) is 6.07 Å². The number of rotatable bonds is 3. The highest BCUT2D eigenvalue weighted by Crippen LogP contribution is 2.35. The lowest BCUT2D eigenvalue weighted by Crippen LogP contribution is -2.25. The van der Waals surface area contributed by atoms with Crippen LogP contribution in [0.25, 0.3) is 22.9 Å². The summed E-state index contributed by atoms with van der Waals surface area (Å²) < 4.78 is 40.4. The van der Waals surface area contributed by atoms with Gasteiger partial charge in [-0.1, -0.05) is 24.3 Å². The minimum atomic E-state index is -4.98. The molecular formula is C22H17F3N2O3. The van der Waals surface area contributed by atoms with E-state index in [0.717, 1.165) is 40.3 Å². The maximum atomic E-state index is 13.2. The van der Waals surface area contributed by atoms with Crippen LogP contribution in [0.4, 0.5) is 13.2 Å². The molecule has 0 aliphatic heterocycles. The first kappa shape index (κ1) is 19.9. The Hall–Kier alpha value is -3.39. The van der Waals surface area contributed by atoms with E-state index in [2.05, 4.69) is 4.98 Å². The van der Waals surface area contributed by atoms with Gasteiger partial charge >= 0.3 is 6.18 Å². The van der Waals surface area contributed by atoms with E-state index in [4.69, 9.17) is 0 Å². The zero-order valence-electron chi connectivity index (χ0n) is 15.6. The summed E-state index contributed by atoms with van der Waals surface area (Å²) in [5, 5.41) is 19.6. The van der Waals surface area contributed by atoms with Crippen LogP contribution in [-0.2, 0) is 6.42 Å². The molecule has 0 radical (unpaired) electrons. The molecule has 4 rings (SSSR count). The smallest absolute Gasteiger partial charge is 0.420 e. The third kappa shape index (κ3) is 3.61. The number of hydrogen-bond donors (Lipinski definition) is 2. The molecule has 1 aromatic carbocycles. The molecule has 0 fully saturated rings. The standard InChI is InChI=1S/C22H17F3N2O3/c23-22(24,25)21(30)18-9-19(28)20(29)12-27(18)15-6-3-5-13(8-15)17-11-26-10-14-4-1-2-7-16(14)17/h2-3,5-12,21,29-30H,1,4H2. The number of aliphatic hydroxyl groups excluding tert-OH is 1. The van der Waals surface area contributed by atoms with Crippen molar-refractivity contribution >= 4 is 6.08 Å². The highest BCUT2D eigenvalue weighted by Gasteiger charge is 2.41. The zero-order chi connectivity index (χ0) is 21.5. The van der Waals surface area contributed by atoms with Crippen LogP contribution in [-0.4, -0.2) is 25.9 Å². The Balaban J connectivity index is 1.88. The van der Waals surface area contributed by atoms with Gasteiger partial charge < -0.3 is 14.8 Å². The molecule has 0 bridgehead atoms. The number of halogens is 3. The summed E-state index contributed by atoms with van der Waals surface area (Å²) in [6.07, 6.45) is 2.30. The number of benzene rings is 1. The zero-order valence-corrected chi connectivity index (χ0v) is 15.6. The molecule has 154 valence electrons. The van der Waals surface area contributed by atoms with E-state index in [-0.39, 0.29) is 5.69 Å². The Morgan fingerprint density at radius 3 is 2.73 bits per heavy atom. The molecule has 0 saturated carbocycles. The second-order valence-corrected chi connectivity index (χ2v) is 7.01. The van der Waals surface area contributed by atoms with E-state index in [1.807, 2.05) is 12.2 Å². The summed E-state index contributed by atoms with van der Waals surface area (Å²) >= 11 is 0. The van der Waals surface area contributed by atoms with E-state index in [0.29, 0.717) is 11.6 Å². The van der Waals surface area contributed by atoms with Crippen molar-refractivity contribution in [3.63, 3.8) is 0 Å². The summed E-state index contributed by atoms with van der Waals surface area (Å²) in [7, 11) is 0. The first-order valence-electron chi connectivity index (χ1n) is 9.20. The van der Waals surface area contributed by atoms with Crippen molar-refractivity contribution in [2.45, 2.75) is 25.1 Å². The Kier molecular flexibility index (Phi) is 4.95. The fourth-order valence-electron chi connectivity index (χ4n) is 3.54. The predicted octanol–water partition coefficient (Wildman–Crippen LogP) is 4.16. The number of aromatic nitrogens is 2. The van der Waals surface area contributed by atoms with Crippen LogP contribution in [0.1, 0.15) is 29.3 Å². The van der Waals surface area contributed by atoms with Gasteiger partial charge in [0.1, 0.15) is 0 Å². The van der Waals surface area contributed by atoms with Gasteiger partial charge in [-0.05, 0) is 41.7 Å². The number of alkyl halides is 3. The number of nitrogens with zero attached hydrogens (tertiary/aromatic N) is 2. The summed E-state index contributed by atoms with van der Waals surface area (Å²) in [5.74, 6) is -0.722. The molecule has 1 aliphatic rings. The minimum Gasteiger partial charge on any atom is -0.503 e. The first-order chi connectivity index (χ1) is 14.3. The molecule has 0 amide bonds. The molecule has 0 saturated heterocycles. The fraction of sp³-hybridized carbons (Fsp3) is 0.182. The number of fused-ring (bicyclic) bond motifs is 1. The number of allylic oxidation sites excluding steroid dienone is 1.